The predicted octanol–water partition coefficient (Wildman–Crippen LogP) is -0.0575. The van der Waals surface area contributed by atoms with Gasteiger partial charge in [-0.05, 0) is 70.8 Å². The topological polar surface area (TPSA) is 217 Å². The van der Waals surface area contributed by atoms with Crippen LogP contribution in [-0.2, 0) is 39.9 Å². The van der Waals surface area contributed by atoms with Crippen LogP contribution in [0.2, 0.25) is 5.02 Å². The number of phenols is 1. The lowest BCUT2D eigenvalue weighted by molar-refractivity contribution is -0.181. The quantitative estimate of drug-likeness (QED) is 0.151. The fourth-order valence-corrected chi connectivity index (χ4v) is 8.78. The van der Waals surface area contributed by atoms with E-state index in [1.165, 1.54) is 26.1 Å². The van der Waals surface area contributed by atoms with Crippen molar-refractivity contribution in [2.75, 3.05) is 58.6 Å². The number of esters is 1. The van der Waals surface area contributed by atoms with E-state index in [9.17, 15) is 43.8 Å². The van der Waals surface area contributed by atoms with E-state index in [1.807, 2.05) is 4.90 Å². The highest BCUT2D eigenvalue weighted by Crippen LogP contribution is 2.54. The van der Waals surface area contributed by atoms with Gasteiger partial charge in [0.15, 0.2) is 40.4 Å². The Kier molecular flexibility index (Phi) is 9.96. The SMILES string of the molecule is COC(=O)CCC(C(=O)Nc1c(O)c2c(c(N(C)C)c1Cl)CC1CC3[C@H](N(C)C)C(=O)C(C(N)=O)C(=O)[C@]3(O)C(=O)C1C2=O)N1CCCC1. The number of aliphatic hydroxyl groups is 1. The molecular formula is C33H42ClN5O10. The summed E-state index contributed by atoms with van der Waals surface area (Å²) in [6.45, 7) is 1.21. The largest absolute Gasteiger partial charge is 0.505 e. The normalized spacial score (nSPS) is 28.9. The molecule has 5 rings (SSSR count). The van der Waals surface area contributed by atoms with Crippen molar-refractivity contribution in [3.63, 3.8) is 0 Å². The van der Waals surface area contributed by atoms with Gasteiger partial charge in [0, 0.05) is 26.4 Å². The first-order valence-corrected chi connectivity index (χ1v) is 16.6. The molecule has 1 aromatic rings. The van der Waals surface area contributed by atoms with E-state index in [2.05, 4.69) is 5.32 Å². The number of Topliss-reactive ketones (excluding diaryl/α,β-unsaturated/α-hetero) is 4. The first-order valence-electron chi connectivity index (χ1n) is 16.2. The van der Waals surface area contributed by atoms with Crippen molar-refractivity contribution in [1.29, 1.82) is 0 Å². The molecule has 5 unspecified atom stereocenters. The van der Waals surface area contributed by atoms with Gasteiger partial charge in [0.2, 0.25) is 11.8 Å². The number of nitrogens with two attached hydrogens (primary N) is 1. The first kappa shape index (κ1) is 36.4. The molecule has 0 bridgehead atoms. The van der Waals surface area contributed by atoms with Crippen LogP contribution in [0.25, 0.3) is 0 Å². The average molecular weight is 704 g/mol. The number of carbonyl (C=O) groups excluding carboxylic acids is 7. The van der Waals surface area contributed by atoms with Gasteiger partial charge in [-0.25, -0.2) is 0 Å². The molecule has 266 valence electrons. The Balaban J connectivity index is 1.59. The minimum Gasteiger partial charge on any atom is -0.505 e. The molecule has 7 atom stereocenters. The second kappa shape index (κ2) is 13.4. The Bertz CT molecular complexity index is 1640. The number of primary amides is 1. The lowest BCUT2D eigenvalue weighted by Gasteiger charge is -2.52. The van der Waals surface area contributed by atoms with E-state index < -0.39 is 88.0 Å². The van der Waals surface area contributed by atoms with Gasteiger partial charge in [0.1, 0.15) is 5.69 Å². The van der Waals surface area contributed by atoms with Crippen molar-refractivity contribution in [1.82, 2.24) is 9.80 Å². The Morgan fingerprint density at radius 3 is 2.29 bits per heavy atom. The van der Waals surface area contributed by atoms with Crippen molar-refractivity contribution in [3.05, 3.63) is 16.1 Å². The third-order valence-electron chi connectivity index (χ3n) is 10.6. The van der Waals surface area contributed by atoms with Crippen LogP contribution in [-0.4, -0.2) is 127 Å². The number of halogens is 1. The molecule has 1 aliphatic heterocycles. The maximum absolute atomic E-state index is 14.4. The molecular weight excluding hydrogens is 662 g/mol. The van der Waals surface area contributed by atoms with Gasteiger partial charge in [-0.2, -0.15) is 0 Å². The van der Waals surface area contributed by atoms with Crippen molar-refractivity contribution >= 4 is 63.9 Å². The number of hydrogen-bond donors (Lipinski definition) is 4. The maximum Gasteiger partial charge on any atom is 0.305 e. The highest BCUT2D eigenvalue weighted by molar-refractivity contribution is 6.38. The summed E-state index contributed by atoms with van der Waals surface area (Å²) in [7, 11) is 7.57. The summed E-state index contributed by atoms with van der Waals surface area (Å²) in [5.41, 5.74) is 2.54. The minimum atomic E-state index is -2.87. The molecule has 3 fully saturated rings. The van der Waals surface area contributed by atoms with Gasteiger partial charge in [-0.1, -0.05) is 11.6 Å². The second-order valence-electron chi connectivity index (χ2n) is 13.8. The van der Waals surface area contributed by atoms with E-state index in [0.29, 0.717) is 24.3 Å². The number of ether oxygens (including phenoxy) is 1. The number of amides is 2. The van der Waals surface area contributed by atoms with Crippen LogP contribution in [0, 0.1) is 23.7 Å². The molecule has 0 spiro atoms. The van der Waals surface area contributed by atoms with Crippen LogP contribution in [0.4, 0.5) is 11.4 Å². The number of nitrogens with one attached hydrogen (secondary N) is 1. The number of anilines is 2. The third-order valence-corrected chi connectivity index (χ3v) is 10.9. The lowest BCUT2D eigenvalue weighted by atomic mass is 9.52. The Morgan fingerprint density at radius 1 is 1.10 bits per heavy atom. The van der Waals surface area contributed by atoms with Crippen LogP contribution >= 0.6 is 11.6 Å². The predicted molar refractivity (Wildman–Crippen MR) is 175 cm³/mol. The van der Waals surface area contributed by atoms with Gasteiger partial charge >= 0.3 is 5.97 Å². The third kappa shape index (κ3) is 5.79. The lowest BCUT2D eigenvalue weighted by Crippen LogP contribution is -2.74. The Morgan fingerprint density at radius 2 is 1.73 bits per heavy atom. The Labute approximate surface area is 288 Å². The zero-order valence-corrected chi connectivity index (χ0v) is 28.8. The number of rotatable bonds is 9. The number of likely N-dealkylation sites (tertiary alicyclic amines) is 1. The summed E-state index contributed by atoms with van der Waals surface area (Å²) >= 11 is 6.88. The van der Waals surface area contributed by atoms with Crippen LogP contribution in [0.5, 0.6) is 5.75 Å². The molecule has 15 nitrogen and oxygen atoms in total. The molecule has 4 aliphatic rings. The number of aromatic hydroxyl groups is 1. The van der Waals surface area contributed by atoms with E-state index in [1.54, 1.807) is 19.0 Å². The van der Waals surface area contributed by atoms with E-state index in [-0.39, 0.29) is 42.0 Å². The molecule has 2 saturated carbocycles. The van der Waals surface area contributed by atoms with Gasteiger partial charge in [-0.15, -0.1) is 0 Å². The maximum atomic E-state index is 14.4. The van der Waals surface area contributed by atoms with E-state index in [0.717, 1.165) is 12.8 Å². The molecule has 0 aromatic heterocycles. The fourth-order valence-electron chi connectivity index (χ4n) is 8.36. The summed E-state index contributed by atoms with van der Waals surface area (Å²) in [5, 5.41) is 26.1. The number of phenolic OH excluding ortho intramolecular Hbond substituents is 1. The Hall–Kier alpha value is -3.92. The molecule has 0 radical (unpaired) electrons. The zero-order chi connectivity index (χ0) is 36.3. The molecule has 49 heavy (non-hydrogen) atoms. The number of fused-ring (bicyclic) bond motifs is 3. The van der Waals surface area contributed by atoms with E-state index >= 15 is 0 Å². The summed E-state index contributed by atoms with van der Waals surface area (Å²) in [5.74, 6) is -13.2. The number of carbonyl (C=O) groups is 7. The molecule has 1 saturated heterocycles. The molecule has 2 amide bonds. The highest BCUT2D eigenvalue weighted by atomic mass is 35.5. The molecule has 16 heteroatoms. The number of benzene rings is 1. The molecule has 1 heterocycles. The van der Waals surface area contributed by atoms with E-state index in [4.69, 9.17) is 22.1 Å². The van der Waals surface area contributed by atoms with Crippen molar-refractivity contribution in [2.24, 2.45) is 29.4 Å². The van der Waals surface area contributed by atoms with Crippen molar-refractivity contribution < 1.29 is 48.5 Å². The van der Waals surface area contributed by atoms with Gasteiger partial charge < -0.3 is 30.9 Å². The van der Waals surface area contributed by atoms with Crippen LogP contribution in [0.3, 0.4) is 0 Å². The molecule has 1 aromatic carbocycles. The summed E-state index contributed by atoms with van der Waals surface area (Å²) in [6, 6.07) is -2.02. The second-order valence-corrected chi connectivity index (χ2v) is 14.2. The van der Waals surface area contributed by atoms with Gasteiger partial charge in [0.05, 0.1) is 41.4 Å². The van der Waals surface area contributed by atoms with Crippen molar-refractivity contribution in [3.8, 4) is 5.75 Å². The molecule has 3 aliphatic carbocycles. The van der Waals surface area contributed by atoms with Gasteiger partial charge in [0.25, 0.3) is 0 Å². The van der Waals surface area contributed by atoms with Crippen LogP contribution in [0.15, 0.2) is 0 Å². The summed E-state index contributed by atoms with van der Waals surface area (Å²) < 4.78 is 4.75. The van der Waals surface area contributed by atoms with Gasteiger partial charge in [-0.3, -0.25) is 43.4 Å². The minimum absolute atomic E-state index is 0.00358. The van der Waals surface area contributed by atoms with Crippen molar-refractivity contribution in [2.45, 2.75) is 56.2 Å². The number of methoxy groups -OCH3 is 1. The number of likely N-dealkylation sites (N-methyl/N-ethyl adjacent to an activating group) is 1. The highest BCUT2D eigenvalue weighted by Gasteiger charge is 2.69. The van der Waals surface area contributed by atoms with Crippen LogP contribution < -0.4 is 16.0 Å². The number of nitrogens with zero attached hydrogens (tertiary/aromatic N) is 3. The first-order chi connectivity index (χ1) is 23.0. The number of ketones is 4. The molecule has 5 N–H and O–H groups in total. The summed E-state index contributed by atoms with van der Waals surface area (Å²) in [4.78, 5) is 98.5. The smallest absolute Gasteiger partial charge is 0.305 e. The standard InChI is InChI=1S/C33H42ClN5O10/c1-37(2)24-15-12-14-13-16-25(38(3)4)28(43)21(31(35)46)30(45)33(16,48)29(44)19(14)26(41)20(15)27(42)23(22(24)34)36-32(47)17(8-9-18(40)49-5)39-10-6-7-11-39/h14,16-17,19,21,25,42,48H,6-13H2,1-5H3,(H2,35,46)(H,36,47)/t14?,16?,17?,19?,21?,25-,33+/m0/s1. The number of hydrogen-bond acceptors (Lipinski definition) is 13. The average Bonchev–Trinajstić information content (AvgIpc) is 3.55. The van der Waals surface area contributed by atoms with Crippen LogP contribution in [0.1, 0.15) is 48.0 Å². The summed E-state index contributed by atoms with van der Waals surface area (Å²) in [6.07, 6.45) is 1.66. The monoisotopic (exact) mass is 703 g/mol. The zero-order valence-electron chi connectivity index (χ0n) is 28.1. The fraction of sp³-hybridized carbons (Fsp3) is 0.606.